The van der Waals surface area contributed by atoms with Crippen molar-refractivity contribution in [2.24, 2.45) is 0 Å². The van der Waals surface area contributed by atoms with E-state index in [1.165, 1.54) is 0 Å². The van der Waals surface area contributed by atoms with Gasteiger partial charge < -0.3 is 5.11 Å². The molecule has 0 atom stereocenters. The van der Waals surface area contributed by atoms with Crippen molar-refractivity contribution in [1.82, 2.24) is 0 Å². The van der Waals surface area contributed by atoms with Crippen molar-refractivity contribution in [3.63, 3.8) is 0 Å². The van der Waals surface area contributed by atoms with Crippen LogP contribution in [0.25, 0.3) is 0 Å². The number of hydrogen-bond donors (Lipinski definition) is 1. The van der Waals surface area contributed by atoms with Gasteiger partial charge in [0.1, 0.15) is 5.78 Å². The smallest absolute Gasteiger partial charge is 0.303 e. The number of unbranched alkanes of at least 4 members (excludes halogenated alkanes) is 5. The Labute approximate surface area is 129 Å². The van der Waals surface area contributed by atoms with Crippen LogP contribution in [0.4, 0.5) is 0 Å². The fraction of sp³-hybridized carbons (Fsp3) is 0.667. The van der Waals surface area contributed by atoms with Gasteiger partial charge in [-0.05, 0) is 32.1 Å². The Kier molecular flexibility index (Phi) is 14.0. The second-order valence-electron chi connectivity index (χ2n) is 5.33. The summed E-state index contributed by atoms with van der Waals surface area (Å²) in [6.45, 7) is 2.07. The van der Waals surface area contributed by atoms with Crippen LogP contribution in [-0.4, -0.2) is 16.9 Å². The first kappa shape index (κ1) is 19.6. The largest absolute Gasteiger partial charge is 0.481 e. The molecule has 0 aromatic heterocycles. The first-order valence-electron chi connectivity index (χ1n) is 8.20. The summed E-state index contributed by atoms with van der Waals surface area (Å²) < 4.78 is 0. The quantitative estimate of drug-likeness (QED) is 0.360. The standard InChI is InChI=1S/C18H30O3/c1-2-3-11-14-17(19)15-12-9-7-5-4-6-8-10-13-16-18(20)21/h3,7,9,11H,2,4-6,8,10,12-16H2,1H3,(H,20,21). The highest BCUT2D eigenvalue weighted by Crippen LogP contribution is 2.08. The maximum atomic E-state index is 11.5. The summed E-state index contributed by atoms with van der Waals surface area (Å²) in [5.74, 6) is -0.388. The molecule has 120 valence electrons. The number of carbonyl (C=O) groups excluding carboxylic acids is 1. The lowest BCUT2D eigenvalue weighted by atomic mass is 10.1. The molecular formula is C18H30O3. The number of aliphatic carboxylic acids is 1. The normalized spacial score (nSPS) is 11.5. The summed E-state index contributed by atoms with van der Waals surface area (Å²) in [6.07, 6.45) is 17.9. The lowest BCUT2D eigenvalue weighted by Crippen LogP contribution is -1.93. The van der Waals surface area contributed by atoms with Crippen molar-refractivity contribution >= 4 is 11.8 Å². The maximum absolute atomic E-state index is 11.5. The molecule has 0 aromatic rings. The lowest BCUT2D eigenvalue weighted by Gasteiger charge is -1.98. The van der Waals surface area contributed by atoms with Gasteiger partial charge >= 0.3 is 5.97 Å². The molecule has 0 radical (unpaired) electrons. The number of rotatable bonds is 14. The zero-order valence-corrected chi connectivity index (χ0v) is 13.4. The number of Topliss-reactive ketones (excluding diaryl/α,β-unsaturated/α-hetero) is 1. The Balaban J connectivity index is 3.31. The molecule has 3 nitrogen and oxygen atoms in total. The van der Waals surface area contributed by atoms with Crippen molar-refractivity contribution < 1.29 is 14.7 Å². The molecule has 21 heavy (non-hydrogen) atoms. The highest BCUT2D eigenvalue weighted by molar-refractivity contribution is 5.79. The molecule has 0 bridgehead atoms. The fourth-order valence-electron chi connectivity index (χ4n) is 2.03. The van der Waals surface area contributed by atoms with Gasteiger partial charge in [0.2, 0.25) is 0 Å². The predicted octanol–water partition coefficient (Wildman–Crippen LogP) is 5.06. The van der Waals surface area contributed by atoms with Crippen LogP contribution in [0, 0.1) is 0 Å². The number of carboxylic acids is 1. The van der Waals surface area contributed by atoms with Crippen molar-refractivity contribution in [3.8, 4) is 0 Å². The third kappa shape index (κ3) is 16.6. The monoisotopic (exact) mass is 294 g/mol. The molecule has 3 heteroatoms. The minimum Gasteiger partial charge on any atom is -0.481 e. The molecule has 0 heterocycles. The number of allylic oxidation sites excluding steroid dienone is 4. The third-order valence-corrected chi connectivity index (χ3v) is 3.27. The second kappa shape index (κ2) is 15.0. The number of carboxylic acid groups (broad SMARTS) is 1. The Morgan fingerprint density at radius 2 is 1.48 bits per heavy atom. The van der Waals surface area contributed by atoms with Crippen molar-refractivity contribution in [2.75, 3.05) is 0 Å². The van der Waals surface area contributed by atoms with E-state index in [1.54, 1.807) is 0 Å². The second-order valence-corrected chi connectivity index (χ2v) is 5.33. The Morgan fingerprint density at radius 3 is 2.19 bits per heavy atom. The van der Waals surface area contributed by atoms with Crippen molar-refractivity contribution in [2.45, 2.75) is 77.6 Å². The Bertz CT molecular complexity index is 329. The fourth-order valence-corrected chi connectivity index (χ4v) is 2.03. The molecule has 0 rings (SSSR count). The van der Waals surface area contributed by atoms with Gasteiger partial charge in [0.25, 0.3) is 0 Å². The van der Waals surface area contributed by atoms with Gasteiger partial charge in [-0.3, -0.25) is 9.59 Å². The van der Waals surface area contributed by atoms with E-state index in [4.69, 9.17) is 5.11 Å². The van der Waals surface area contributed by atoms with E-state index >= 15 is 0 Å². The topological polar surface area (TPSA) is 54.4 Å². The lowest BCUT2D eigenvalue weighted by molar-refractivity contribution is -0.137. The van der Waals surface area contributed by atoms with Gasteiger partial charge in [0, 0.05) is 19.3 Å². The zero-order chi connectivity index (χ0) is 15.8. The first-order chi connectivity index (χ1) is 10.2. The molecule has 0 fully saturated rings. The highest BCUT2D eigenvalue weighted by atomic mass is 16.4. The van der Waals surface area contributed by atoms with Crippen LogP contribution in [0.3, 0.4) is 0 Å². The van der Waals surface area contributed by atoms with Crippen LogP contribution in [0.5, 0.6) is 0 Å². The molecule has 0 aliphatic heterocycles. The van der Waals surface area contributed by atoms with Crippen LogP contribution < -0.4 is 0 Å². The third-order valence-electron chi connectivity index (χ3n) is 3.27. The van der Waals surface area contributed by atoms with E-state index in [0.29, 0.717) is 25.0 Å². The van der Waals surface area contributed by atoms with Gasteiger partial charge in [0.05, 0.1) is 0 Å². The molecule has 0 amide bonds. The molecule has 1 N–H and O–H groups in total. The van der Waals surface area contributed by atoms with Crippen LogP contribution in [-0.2, 0) is 9.59 Å². The van der Waals surface area contributed by atoms with Gasteiger partial charge in [-0.1, -0.05) is 50.5 Å². The van der Waals surface area contributed by atoms with Gasteiger partial charge in [0.15, 0.2) is 0 Å². The zero-order valence-electron chi connectivity index (χ0n) is 13.4. The SMILES string of the molecule is CCC=CCC(=O)CCC=CCCCCCCCC(=O)O. The molecular weight excluding hydrogens is 264 g/mol. The average Bonchev–Trinajstić information content (AvgIpc) is 2.44. The van der Waals surface area contributed by atoms with E-state index < -0.39 is 5.97 Å². The van der Waals surface area contributed by atoms with Gasteiger partial charge in [-0.25, -0.2) is 0 Å². The van der Waals surface area contributed by atoms with Crippen LogP contribution in [0.2, 0.25) is 0 Å². The molecule has 0 saturated heterocycles. The molecule has 0 aliphatic carbocycles. The van der Waals surface area contributed by atoms with Gasteiger partial charge in [-0.2, -0.15) is 0 Å². The van der Waals surface area contributed by atoms with Crippen LogP contribution >= 0.6 is 0 Å². The van der Waals surface area contributed by atoms with Crippen molar-refractivity contribution in [3.05, 3.63) is 24.3 Å². The predicted molar refractivity (Wildman–Crippen MR) is 87.4 cm³/mol. The highest BCUT2D eigenvalue weighted by Gasteiger charge is 1.97. The van der Waals surface area contributed by atoms with Crippen LogP contribution in [0.15, 0.2) is 24.3 Å². The molecule has 0 saturated carbocycles. The van der Waals surface area contributed by atoms with E-state index in [0.717, 1.165) is 51.4 Å². The molecule has 0 aromatic carbocycles. The number of hydrogen-bond acceptors (Lipinski definition) is 2. The summed E-state index contributed by atoms with van der Waals surface area (Å²) >= 11 is 0. The van der Waals surface area contributed by atoms with Gasteiger partial charge in [-0.15, -0.1) is 0 Å². The first-order valence-corrected chi connectivity index (χ1v) is 8.20. The Morgan fingerprint density at radius 1 is 0.810 bits per heavy atom. The van der Waals surface area contributed by atoms with E-state index in [9.17, 15) is 9.59 Å². The van der Waals surface area contributed by atoms with E-state index in [2.05, 4.69) is 19.1 Å². The summed E-state index contributed by atoms with van der Waals surface area (Å²) in [5.41, 5.74) is 0. The molecule has 0 aliphatic rings. The van der Waals surface area contributed by atoms with Crippen molar-refractivity contribution in [1.29, 1.82) is 0 Å². The molecule has 0 unspecified atom stereocenters. The average molecular weight is 294 g/mol. The van der Waals surface area contributed by atoms with Crippen LogP contribution in [0.1, 0.15) is 77.6 Å². The summed E-state index contributed by atoms with van der Waals surface area (Å²) in [4.78, 5) is 21.8. The Hall–Kier alpha value is -1.38. The minimum absolute atomic E-state index is 0.293. The number of ketones is 1. The summed E-state index contributed by atoms with van der Waals surface area (Å²) in [6, 6.07) is 0. The minimum atomic E-state index is -0.697. The summed E-state index contributed by atoms with van der Waals surface area (Å²) in [7, 11) is 0. The summed E-state index contributed by atoms with van der Waals surface area (Å²) in [5, 5.41) is 8.50. The van der Waals surface area contributed by atoms with E-state index in [-0.39, 0.29) is 0 Å². The van der Waals surface area contributed by atoms with E-state index in [1.807, 2.05) is 12.2 Å². The molecule has 0 spiro atoms. The maximum Gasteiger partial charge on any atom is 0.303 e. The number of carbonyl (C=O) groups is 2.